The molecular weight excluding hydrogens is 295 g/mol. The molecule has 2 saturated heterocycles. The molecule has 21 heavy (non-hydrogen) atoms. The lowest BCUT2D eigenvalue weighted by Gasteiger charge is -2.46. The van der Waals surface area contributed by atoms with Crippen molar-refractivity contribution >= 4 is 29.1 Å². The number of halogens is 2. The Balaban J connectivity index is 1.99. The Labute approximate surface area is 127 Å². The largest absolute Gasteiger partial charge is 0.329 e. The van der Waals surface area contributed by atoms with Crippen molar-refractivity contribution in [3.8, 4) is 0 Å². The summed E-state index contributed by atoms with van der Waals surface area (Å²) in [4.78, 5) is 28.2. The second-order valence-corrected chi connectivity index (χ2v) is 5.93. The molecule has 0 spiro atoms. The molecule has 1 aromatic carbocycles. The van der Waals surface area contributed by atoms with Gasteiger partial charge in [0.15, 0.2) is 0 Å². The third-order valence-electron chi connectivity index (χ3n) is 4.23. The Bertz CT molecular complexity index is 607. The van der Waals surface area contributed by atoms with Gasteiger partial charge in [-0.15, -0.1) is 0 Å². The summed E-state index contributed by atoms with van der Waals surface area (Å²) in [6.45, 7) is 2.31. The van der Waals surface area contributed by atoms with Crippen LogP contribution in [0.25, 0.3) is 0 Å². The van der Waals surface area contributed by atoms with Crippen molar-refractivity contribution in [3.63, 3.8) is 0 Å². The van der Waals surface area contributed by atoms with Crippen LogP contribution in [0.5, 0.6) is 0 Å². The van der Waals surface area contributed by atoms with Crippen molar-refractivity contribution in [2.75, 3.05) is 11.4 Å². The normalized spacial score (nSPS) is 26.0. The SMILES string of the molecule is CC1C(=O)N2CCCCC2C(=O)N1c1ccc(Cl)c(F)c1. The third-order valence-corrected chi connectivity index (χ3v) is 4.54. The first-order chi connectivity index (χ1) is 10.0. The minimum atomic E-state index is -0.618. The molecule has 1 aromatic rings. The van der Waals surface area contributed by atoms with Crippen molar-refractivity contribution in [1.82, 2.24) is 4.90 Å². The van der Waals surface area contributed by atoms with Crippen molar-refractivity contribution < 1.29 is 14.0 Å². The van der Waals surface area contributed by atoms with Crippen LogP contribution >= 0.6 is 11.6 Å². The second-order valence-electron chi connectivity index (χ2n) is 5.53. The van der Waals surface area contributed by atoms with Crippen LogP contribution < -0.4 is 4.90 Å². The fourth-order valence-electron chi connectivity index (χ4n) is 3.14. The summed E-state index contributed by atoms with van der Waals surface area (Å²) >= 11 is 5.68. The van der Waals surface area contributed by atoms with Crippen LogP contribution in [-0.2, 0) is 9.59 Å². The Kier molecular flexibility index (Phi) is 3.61. The van der Waals surface area contributed by atoms with E-state index in [0.29, 0.717) is 18.7 Å². The first-order valence-corrected chi connectivity index (χ1v) is 7.47. The minimum absolute atomic E-state index is 0.00137. The fraction of sp³-hybridized carbons (Fsp3) is 0.467. The van der Waals surface area contributed by atoms with Gasteiger partial charge in [-0.1, -0.05) is 11.6 Å². The highest BCUT2D eigenvalue weighted by Gasteiger charge is 2.45. The molecule has 0 aromatic heterocycles. The van der Waals surface area contributed by atoms with Crippen LogP contribution in [0.3, 0.4) is 0 Å². The second kappa shape index (κ2) is 5.30. The standard InChI is InChI=1S/C15H16ClFN2O2/c1-9-14(20)18-7-3-2-4-13(18)15(21)19(9)10-5-6-11(16)12(17)8-10/h5-6,8-9,13H,2-4,7H2,1H3. The van der Waals surface area contributed by atoms with Crippen molar-refractivity contribution in [2.24, 2.45) is 0 Å². The molecule has 2 aliphatic heterocycles. The topological polar surface area (TPSA) is 40.6 Å². The number of nitrogens with zero attached hydrogens (tertiary/aromatic N) is 2. The van der Waals surface area contributed by atoms with Crippen LogP contribution in [0.1, 0.15) is 26.2 Å². The zero-order chi connectivity index (χ0) is 15.1. The Morgan fingerprint density at radius 2 is 2.00 bits per heavy atom. The molecule has 112 valence electrons. The summed E-state index contributed by atoms with van der Waals surface area (Å²) < 4.78 is 13.7. The average Bonchev–Trinajstić information content (AvgIpc) is 2.49. The van der Waals surface area contributed by atoms with Gasteiger partial charge in [0.05, 0.1) is 5.02 Å². The highest BCUT2D eigenvalue weighted by Crippen LogP contribution is 2.31. The molecule has 2 aliphatic rings. The van der Waals surface area contributed by atoms with E-state index in [-0.39, 0.29) is 16.8 Å². The Morgan fingerprint density at radius 3 is 2.71 bits per heavy atom. The number of anilines is 1. The summed E-state index contributed by atoms with van der Waals surface area (Å²) in [7, 11) is 0. The summed E-state index contributed by atoms with van der Waals surface area (Å²) in [6.07, 6.45) is 2.53. The van der Waals surface area contributed by atoms with E-state index in [9.17, 15) is 14.0 Å². The van der Waals surface area contributed by atoms with Gasteiger partial charge in [0.25, 0.3) is 5.91 Å². The molecule has 6 heteroatoms. The molecule has 0 aliphatic carbocycles. The van der Waals surface area contributed by atoms with Crippen LogP contribution in [0, 0.1) is 5.82 Å². The van der Waals surface area contributed by atoms with Crippen LogP contribution in [0.15, 0.2) is 18.2 Å². The molecule has 0 radical (unpaired) electrons. The summed E-state index contributed by atoms with van der Waals surface area (Å²) in [6, 6.07) is 3.16. The highest BCUT2D eigenvalue weighted by molar-refractivity contribution is 6.30. The van der Waals surface area contributed by atoms with E-state index < -0.39 is 17.9 Å². The number of piperidine rings is 1. The van der Waals surface area contributed by atoms with Gasteiger partial charge in [-0.3, -0.25) is 14.5 Å². The van der Waals surface area contributed by atoms with Gasteiger partial charge < -0.3 is 4.90 Å². The van der Waals surface area contributed by atoms with Crippen LogP contribution in [-0.4, -0.2) is 35.3 Å². The Morgan fingerprint density at radius 1 is 1.24 bits per heavy atom. The highest BCUT2D eigenvalue weighted by atomic mass is 35.5. The van der Waals surface area contributed by atoms with Gasteiger partial charge in [-0.25, -0.2) is 4.39 Å². The maximum atomic E-state index is 13.7. The molecule has 0 N–H and O–H groups in total. The molecule has 2 unspecified atom stereocenters. The number of piperazine rings is 1. The van der Waals surface area contributed by atoms with Crippen LogP contribution in [0.2, 0.25) is 5.02 Å². The monoisotopic (exact) mass is 310 g/mol. The van der Waals surface area contributed by atoms with E-state index in [1.165, 1.54) is 17.0 Å². The number of amides is 2. The molecule has 2 amide bonds. The van der Waals surface area contributed by atoms with Gasteiger partial charge in [0.1, 0.15) is 17.9 Å². The fourth-order valence-corrected chi connectivity index (χ4v) is 3.26. The van der Waals surface area contributed by atoms with Crippen molar-refractivity contribution in [2.45, 2.75) is 38.3 Å². The number of carbonyl (C=O) groups excluding carboxylic acids is 2. The number of hydrogen-bond donors (Lipinski definition) is 0. The van der Waals surface area contributed by atoms with Crippen molar-refractivity contribution in [1.29, 1.82) is 0 Å². The molecule has 4 nitrogen and oxygen atoms in total. The predicted octanol–water partition coefficient (Wildman–Crippen LogP) is 2.60. The van der Waals surface area contributed by atoms with E-state index in [1.54, 1.807) is 17.9 Å². The molecule has 3 rings (SSSR count). The zero-order valence-corrected chi connectivity index (χ0v) is 12.4. The average molecular weight is 311 g/mol. The molecule has 2 heterocycles. The maximum Gasteiger partial charge on any atom is 0.250 e. The summed E-state index contributed by atoms with van der Waals surface area (Å²) in [5.74, 6) is -0.800. The number of benzene rings is 1. The van der Waals surface area contributed by atoms with Gasteiger partial charge in [0, 0.05) is 12.2 Å². The van der Waals surface area contributed by atoms with E-state index in [0.717, 1.165) is 12.8 Å². The number of rotatable bonds is 1. The minimum Gasteiger partial charge on any atom is -0.329 e. The molecule has 2 atom stereocenters. The van der Waals surface area contributed by atoms with Crippen LogP contribution in [0.4, 0.5) is 10.1 Å². The number of fused-ring (bicyclic) bond motifs is 1. The zero-order valence-electron chi connectivity index (χ0n) is 11.7. The molecular formula is C15H16ClFN2O2. The van der Waals surface area contributed by atoms with E-state index in [4.69, 9.17) is 11.6 Å². The quantitative estimate of drug-likeness (QED) is 0.800. The lowest BCUT2D eigenvalue weighted by molar-refractivity contribution is -0.147. The van der Waals surface area contributed by atoms with E-state index in [1.807, 2.05) is 0 Å². The summed E-state index contributed by atoms with van der Waals surface area (Å²) in [5, 5.41) is 0.00137. The first kappa shape index (κ1) is 14.3. The van der Waals surface area contributed by atoms with Gasteiger partial charge >= 0.3 is 0 Å². The Hall–Kier alpha value is -1.62. The maximum absolute atomic E-state index is 13.7. The molecule has 2 fully saturated rings. The number of hydrogen-bond acceptors (Lipinski definition) is 2. The van der Waals surface area contributed by atoms with E-state index >= 15 is 0 Å². The lowest BCUT2D eigenvalue weighted by atomic mass is 9.95. The predicted molar refractivity (Wildman–Crippen MR) is 77.7 cm³/mol. The number of carbonyl (C=O) groups is 2. The van der Waals surface area contributed by atoms with Gasteiger partial charge in [0.2, 0.25) is 5.91 Å². The van der Waals surface area contributed by atoms with Gasteiger partial charge in [-0.05, 0) is 44.4 Å². The lowest BCUT2D eigenvalue weighted by Crippen LogP contribution is -2.65. The van der Waals surface area contributed by atoms with Crippen molar-refractivity contribution in [3.05, 3.63) is 29.0 Å². The molecule has 0 saturated carbocycles. The third kappa shape index (κ3) is 2.29. The first-order valence-electron chi connectivity index (χ1n) is 7.09. The molecule has 0 bridgehead atoms. The smallest absolute Gasteiger partial charge is 0.250 e. The van der Waals surface area contributed by atoms with Gasteiger partial charge in [-0.2, -0.15) is 0 Å². The van der Waals surface area contributed by atoms with E-state index in [2.05, 4.69) is 0 Å². The summed E-state index contributed by atoms with van der Waals surface area (Å²) in [5.41, 5.74) is 0.382.